The lowest BCUT2D eigenvalue weighted by atomic mass is 10.1. The zero-order chi connectivity index (χ0) is 14.8. The first kappa shape index (κ1) is 14.0. The number of carbonyl (C=O) groups is 1. The molecule has 6 nitrogen and oxygen atoms in total. The monoisotopic (exact) mass is 288 g/mol. The molecule has 0 bridgehead atoms. The third-order valence-electron chi connectivity index (χ3n) is 4.05. The van der Waals surface area contributed by atoms with Gasteiger partial charge in [0.15, 0.2) is 0 Å². The van der Waals surface area contributed by atoms with E-state index in [9.17, 15) is 4.79 Å². The number of fused-ring (bicyclic) bond motifs is 1. The lowest BCUT2D eigenvalue weighted by Gasteiger charge is -2.16. The number of aryl methyl sites for hydroxylation is 1. The summed E-state index contributed by atoms with van der Waals surface area (Å²) in [5, 5.41) is 7.99. The van der Waals surface area contributed by atoms with Gasteiger partial charge in [0.05, 0.1) is 16.6 Å². The quantitative estimate of drug-likeness (QED) is 0.922. The highest BCUT2D eigenvalue weighted by Crippen LogP contribution is 2.22. The van der Waals surface area contributed by atoms with E-state index in [-0.39, 0.29) is 5.91 Å². The zero-order valence-electron chi connectivity index (χ0n) is 12.4. The molecular formula is C15H20N4O2. The van der Waals surface area contributed by atoms with Gasteiger partial charge in [-0.1, -0.05) is 12.1 Å². The van der Waals surface area contributed by atoms with Crippen LogP contribution in [0.1, 0.15) is 29.4 Å². The van der Waals surface area contributed by atoms with E-state index in [2.05, 4.69) is 15.5 Å². The van der Waals surface area contributed by atoms with Crippen molar-refractivity contribution in [3.05, 3.63) is 23.5 Å². The van der Waals surface area contributed by atoms with Crippen LogP contribution < -0.4 is 5.32 Å². The van der Waals surface area contributed by atoms with E-state index >= 15 is 0 Å². The minimum Gasteiger partial charge on any atom is -0.338 e. The second-order valence-electron chi connectivity index (χ2n) is 5.52. The molecule has 6 heteroatoms. The Hall–Kier alpha value is -1.95. The Morgan fingerprint density at radius 1 is 1.57 bits per heavy atom. The maximum atomic E-state index is 12.6. The third kappa shape index (κ3) is 2.63. The first-order valence-electron chi connectivity index (χ1n) is 7.41. The van der Waals surface area contributed by atoms with Gasteiger partial charge in [0.1, 0.15) is 0 Å². The summed E-state index contributed by atoms with van der Waals surface area (Å²) in [6.45, 7) is 4.58. The van der Waals surface area contributed by atoms with E-state index in [0.29, 0.717) is 17.2 Å². The molecule has 1 aliphatic rings. The van der Waals surface area contributed by atoms with Gasteiger partial charge in [0.2, 0.25) is 0 Å². The first-order chi connectivity index (χ1) is 10.2. The maximum Gasteiger partial charge on any atom is 0.257 e. The van der Waals surface area contributed by atoms with Gasteiger partial charge in [-0.05, 0) is 38.4 Å². The molecule has 3 heterocycles. The summed E-state index contributed by atoms with van der Waals surface area (Å²) >= 11 is 0. The molecule has 1 amide bonds. The Morgan fingerprint density at radius 2 is 2.43 bits per heavy atom. The normalized spacial score (nSPS) is 18.6. The van der Waals surface area contributed by atoms with Crippen LogP contribution in [0.4, 0.5) is 0 Å². The molecule has 2 aromatic rings. The SMILES string of the molecule is CCc1noc2ncc(C(=O)N3CC[C@H](CNC)C3)cc12. The predicted molar refractivity (Wildman–Crippen MR) is 79.1 cm³/mol. The van der Waals surface area contributed by atoms with Crippen LogP contribution >= 0.6 is 0 Å². The molecule has 2 aromatic heterocycles. The zero-order valence-corrected chi connectivity index (χ0v) is 12.4. The molecule has 3 rings (SSSR count). The molecule has 0 aromatic carbocycles. The number of hydrogen-bond donors (Lipinski definition) is 1. The number of carbonyl (C=O) groups excluding carboxylic acids is 1. The van der Waals surface area contributed by atoms with Gasteiger partial charge in [-0.25, -0.2) is 4.98 Å². The van der Waals surface area contributed by atoms with Crippen molar-refractivity contribution in [1.29, 1.82) is 0 Å². The van der Waals surface area contributed by atoms with Crippen LogP contribution in [0.3, 0.4) is 0 Å². The van der Waals surface area contributed by atoms with Crippen LogP contribution in [-0.4, -0.2) is 47.6 Å². The summed E-state index contributed by atoms with van der Waals surface area (Å²) in [5.74, 6) is 0.587. The van der Waals surface area contributed by atoms with Gasteiger partial charge in [-0.3, -0.25) is 4.79 Å². The minimum absolute atomic E-state index is 0.0475. The van der Waals surface area contributed by atoms with Crippen molar-refractivity contribution in [1.82, 2.24) is 20.4 Å². The summed E-state index contributed by atoms with van der Waals surface area (Å²) in [6, 6.07) is 1.85. The minimum atomic E-state index is 0.0475. The van der Waals surface area contributed by atoms with Crippen molar-refractivity contribution in [2.45, 2.75) is 19.8 Å². The van der Waals surface area contributed by atoms with Gasteiger partial charge in [-0.2, -0.15) is 0 Å². The fourth-order valence-corrected chi connectivity index (χ4v) is 2.91. The molecule has 1 saturated heterocycles. The van der Waals surface area contributed by atoms with Gasteiger partial charge < -0.3 is 14.7 Å². The van der Waals surface area contributed by atoms with E-state index in [4.69, 9.17) is 4.52 Å². The van der Waals surface area contributed by atoms with Crippen molar-refractivity contribution >= 4 is 17.0 Å². The fourth-order valence-electron chi connectivity index (χ4n) is 2.91. The summed E-state index contributed by atoms with van der Waals surface area (Å²) < 4.78 is 5.15. The van der Waals surface area contributed by atoms with Gasteiger partial charge >= 0.3 is 0 Å². The molecule has 0 saturated carbocycles. The van der Waals surface area contributed by atoms with Gasteiger partial charge in [0, 0.05) is 19.3 Å². The Kier molecular flexibility index (Phi) is 3.88. The molecule has 0 radical (unpaired) electrons. The fraction of sp³-hybridized carbons (Fsp3) is 0.533. The van der Waals surface area contributed by atoms with E-state index in [0.717, 1.165) is 43.6 Å². The van der Waals surface area contributed by atoms with Crippen molar-refractivity contribution < 1.29 is 9.32 Å². The second-order valence-corrected chi connectivity index (χ2v) is 5.52. The van der Waals surface area contributed by atoms with E-state index in [1.807, 2.05) is 24.9 Å². The highest BCUT2D eigenvalue weighted by atomic mass is 16.5. The van der Waals surface area contributed by atoms with E-state index in [1.54, 1.807) is 6.20 Å². The smallest absolute Gasteiger partial charge is 0.257 e. The van der Waals surface area contributed by atoms with Gasteiger partial charge in [0.25, 0.3) is 11.6 Å². The number of nitrogens with one attached hydrogen (secondary N) is 1. The highest BCUT2D eigenvalue weighted by molar-refractivity contribution is 5.97. The van der Waals surface area contributed by atoms with E-state index in [1.165, 1.54) is 0 Å². The Morgan fingerprint density at radius 3 is 3.19 bits per heavy atom. The molecule has 0 spiro atoms. The number of rotatable bonds is 4. The largest absolute Gasteiger partial charge is 0.338 e. The average molecular weight is 288 g/mol. The molecule has 1 atom stereocenters. The Labute approximate surface area is 123 Å². The standard InChI is InChI=1S/C15H20N4O2/c1-3-13-12-6-11(8-17-14(12)21-18-13)15(20)19-5-4-10(9-19)7-16-2/h6,8,10,16H,3-5,7,9H2,1-2H3/t10-/m1/s1. The predicted octanol–water partition coefficient (Wildman–Crippen LogP) is 1.47. The molecule has 21 heavy (non-hydrogen) atoms. The van der Waals surface area contributed by atoms with Crippen molar-refractivity contribution in [2.24, 2.45) is 5.92 Å². The summed E-state index contributed by atoms with van der Waals surface area (Å²) in [6.07, 6.45) is 3.40. The second kappa shape index (κ2) is 5.81. The highest BCUT2D eigenvalue weighted by Gasteiger charge is 2.27. The lowest BCUT2D eigenvalue weighted by Crippen LogP contribution is -2.30. The van der Waals surface area contributed by atoms with Crippen LogP contribution in [0, 0.1) is 5.92 Å². The topological polar surface area (TPSA) is 71.3 Å². The van der Waals surface area contributed by atoms with Crippen LogP contribution in [0.15, 0.2) is 16.8 Å². The van der Waals surface area contributed by atoms with Crippen molar-refractivity contribution in [2.75, 3.05) is 26.7 Å². The average Bonchev–Trinajstić information content (AvgIpc) is 3.12. The van der Waals surface area contributed by atoms with Crippen LogP contribution in [0.2, 0.25) is 0 Å². The molecule has 1 aliphatic heterocycles. The van der Waals surface area contributed by atoms with E-state index < -0.39 is 0 Å². The Balaban J connectivity index is 1.81. The van der Waals surface area contributed by atoms with Crippen molar-refractivity contribution in [3.8, 4) is 0 Å². The summed E-state index contributed by atoms with van der Waals surface area (Å²) in [7, 11) is 1.94. The van der Waals surface area contributed by atoms with Crippen LogP contribution in [-0.2, 0) is 6.42 Å². The molecule has 1 fully saturated rings. The van der Waals surface area contributed by atoms with Crippen molar-refractivity contribution in [3.63, 3.8) is 0 Å². The number of nitrogens with zero attached hydrogens (tertiary/aromatic N) is 3. The number of hydrogen-bond acceptors (Lipinski definition) is 5. The third-order valence-corrected chi connectivity index (χ3v) is 4.05. The molecular weight excluding hydrogens is 268 g/mol. The number of likely N-dealkylation sites (tertiary alicyclic amines) is 1. The maximum absolute atomic E-state index is 12.6. The summed E-state index contributed by atoms with van der Waals surface area (Å²) in [4.78, 5) is 18.7. The Bertz CT molecular complexity index is 652. The summed E-state index contributed by atoms with van der Waals surface area (Å²) in [5.41, 5.74) is 1.96. The van der Waals surface area contributed by atoms with Crippen LogP contribution in [0.5, 0.6) is 0 Å². The number of amides is 1. The first-order valence-corrected chi connectivity index (χ1v) is 7.41. The molecule has 0 aliphatic carbocycles. The number of pyridine rings is 1. The number of aromatic nitrogens is 2. The molecule has 0 unspecified atom stereocenters. The van der Waals surface area contributed by atoms with Crippen LogP contribution in [0.25, 0.3) is 11.1 Å². The molecule has 112 valence electrons. The molecule has 1 N–H and O–H groups in total. The lowest BCUT2D eigenvalue weighted by molar-refractivity contribution is 0.0787. The van der Waals surface area contributed by atoms with Gasteiger partial charge in [-0.15, -0.1) is 0 Å².